The molecule has 0 spiro atoms. The van der Waals surface area contributed by atoms with Gasteiger partial charge in [0, 0.05) is 11.1 Å². The van der Waals surface area contributed by atoms with Crippen molar-refractivity contribution in [3.05, 3.63) is 71.3 Å². The second kappa shape index (κ2) is 9.37. The van der Waals surface area contributed by atoms with Crippen LogP contribution in [0.1, 0.15) is 54.0 Å². The summed E-state index contributed by atoms with van der Waals surface area (Å²) in [5.41, 5.74) is 1.14. The van der Waals surface area contributed by atoms with Crippen LogP contribution in [0, 0.1) is 0 Å². The van der Waals surface area contributed by atoms with Gasteiger partial charge in [0.15, 0.2) is 0 Å². The Morgan fingerprint density at radius 2 is 1.41 bits per heavy atom. The van der Waals surface area contributed by atoms with Crippen molar-refractivity contribution in [1.29, 1.82) is 0 Å². The number of aryl methyl sites for hydroxylation is 1. The number of hydrogen-bond donors (Lipinski definition) is 0. The van der Waals surface area contributed by atoms with Crippen LogP contribution in [-0.2, 0) is 16.0 Å². The number of rotatable bonds is 5. The van der Waals surface area contributed by atoms with Crippen molar-refractivity contribution in [3.8, 4) is 0 Å². The molecule has 2 aromatic carbocycles. The van der Waals surface area contributed by atoms with Gasteiger partial charge in [-0.05, 0) is 57.0 Å². The zero-order valence-electron chi connectivity index (χ0n) is 17.6. The Kier molecular flexibility index (Phi) is 7.15. The number of esters is 1. The van der Waals surface area contributed by atoms with Gasteiger partial charge in [-0.1, -0.05) is 37.3 Å². The second-order valence-electron chi connectivity index (χ2n) is 7.64. The number of carbonyl (C=O) groups is 3. The first-order valence-electron chi connectivity index (χ1n) is 9.56. The van der Waals surface area contributed by atoms with E-state index >= 15 is 0 Å². The summed E-state index contributed by atoms with van der Waals surface area (Å²) in [6.45, 7) is 7.09. The monoisotopic (exact) mass is 396 g/mol. The smallest absolute Gasteiger partial charge is 0.327 e. The van der Waals surface area contributed by atoms with E-state index in [1.807, 2.05) is 45.9 Å². The molecule has 0 unspecified atom stereocenters. The predicted octanol–water partition coefficient (Wildman–Crippen LogP) is 3.72. The van der Waals surface area contributed by atoms with E-state index in [9.17, 15) is 14.4 Å². The molecule has 29 heavy (non-hydrogen) atoms. The average molecular weight is 396 g/mol. The van der Waals surface area contributed by atoms with Crippen molar-refractivity contribution in [2.75, 3.05) is 13.7 Å². The highest BCUT2D eigenvalue weighted by Crippen LogP contribution is 2.22. The van der Waals surface area contributed by atoms with Gasteiger partial charge in [-0.2, -0.15) is 0 Å². The second-order valence-corrected chi connectivity index (χ2v) is 7.64. The van der Waals surface area contributed by atoms with Crippen LogP contribution in [0.3, 0.4) is 0 Å². The summed E-state index contributed by atoms with van der Waals surface area (Å²) < 4.78 is 4.78. The highest BCUT2D eigenvalue weighted by molar-refractivity contribution is 6.00. The maximum Gasteiger partial charge on any atom is 0.327 e. The molecule has 0 heterocycles. The average Bonchev–Trinajstić information content (AvgIpc) is 2.72. The van der Waals surface area contributed by atoms with E-state index in [0.717, 1.165) is 12.0 Å². The fourth-order valence-electron chi connectivity index (χ4n) is 2.93. The molecule has 0 radical (unpaired) electrons. The molecule has 0 aromatic heterocycles. The maximum absolute atomic E-state index is 13.3. The fourth-order valence-corrected chi connectivity index (χ4v) is 2.93. The molecule has 154 valence electrons. The first-order valence-corrected chi connectivity index (χ1v) is 9.56. The predicted molar refractivity (Wildman–Crippen MR) is 111 cm³/mol. The molecule has 2 rings (SSSR count). The van der Waals surface area contributed by atoms with Crippen molar-refractivity contribution < 1.29 is 19.1 Å². The molecule has 6 heteroatoms. The van der Waals surface area contributed by atoms with Crippen LogP contribution in [0.2, 0.25) is 0 Å². The third-order valence-electron chi connectivity index (χ3n) is 4.44. The summed E-state index contributed by atoms with van der Waals surface area (Å²) in [6.07, 6.45) is 0.848. The van der Waals surface area contributed by atoms with E-state index in [4.69, 9.17) is 4.74 Å². The molecule has 0 N–H and O–H groups in total. The van der Waals surface area contributed by atoms with E-state index in [1.54, 1.807) is 36.4 Å². The summed E-state index contributed by atoms with van der Waals surface area (Å²) in [5.74, 6) is -1.43. The molecule has 2 aromatic rings. The van der Waals surface area contributed by atoms with Crippen molar-refractivity contribution in [2.45, 2.75) is 39.7 Å². The summed E-state index contributed by atoms with van der Waals surface area (Å²) in [5, 5.41) is 2.50. The van der Waals surface area contributed by atoms with E-state index in [-0.39, 0.29) is 12.5 Å². The van der Waals surface area contributed by atoms with Crippen LogP contribution < -0.4 is 0 Å². The summed E-state index contributed by atoms with van der Waals surface area (Å²) >= 11 is 0. The quantitative estimate of drug-likeness (QED) is 0.571. The number of ether oxygens (including phenoxy) is 1. The number of carbonyl (C=O) groups excluding carboxylic acids is 3. The first kappa shape index (κ1) is 22.1. The van der Waals surface area contributed by atoms with Gasteiger partial charge >= 0.3 is 5.97 Å². The molecule has 0 atom stereocenters. The van der Waals surface area contributed by atoms with Crippen LogP contribution in [0.25, 0.3) is 0 Å². The fraction of sp³-hybridized carbons (Fsp3) is 0.348. The Labute approximate surface area is 172 Å². The number of amides is 2. The number of hydrogen-bond acceptors (Lipinski definition) is 4. The molecule has 0 aliphatic carbocycles. The minimum atomic E-state index is -0.764. The molecule has 0 saturated heterocycles. The summed E-state index contributed by atoms with van der Waals surface area (Å²) in [4.78, 5) is 38.8. The number of methoxy groups -OCH3 is 1. The summed E-state index contributed by atoms with van der Waals surface area (Å²) in [6, 6.07) is 15.8. The van der Waals surface area contributed by atoms with Gasteiger partial charge in [0.25, 0.3) is 11.8 Å². The van der Waals surface area contributed by atoms with E-state index < -0.39 is 17.4 Å². The van der Waals surface area contributed by atoms with Gasteiger partial charge in [-0.3, -0.25) is 14.4 Å². The van der Waals surface area contributed by atoms with Crippen molar-refractivity contribution in [1.82, 2.24) is 10.0 Å². The molecule has 0 fully saturated rings. The molecule has 0 aliphatic heterocycles. The van der Waals surface area contributed by atoms with Crippen molar-refractivity contribution in [3.63, 3.8) is 0 Å². The topological polar surface area (TPSA) is 66.9 Å². The SMILES string of the molecule is CCc1ccc(C(=O)N(CC(=O)OC)N(C(=O)c2ccccc2)C(C)(C)C)cc1. The van der Waals surface area contributed by atoms with Gasteiger partial charge in [-0.15, -0.1) is 0 Å². The maximum atomic E-state index is 13.3. The minimum Gasteiger partial charge on any atom is -0.468 e. The lowest BCUT2D eigenvalue weighted by Crippen LogP contribution is -2.59. The van der Waals surface area contributed by atoms with Crippen LogP contribution >= 0.6 is 0 Å². The zero-order chi connectivity index (χ0) is 21.6. The number of hydrazine groups is 1. The lowest BCUT2D eigenvalue weighted by atomic mass is 10.1. The normalized spacial score (nSPS) is 10.9. The Hall–Kier alpha value is -3.15. The van der Waals surface area contributed by atoms with E-state index in [2.05, 4.69) is 0 Å². The molecular weight excluding hydrogens is 368 g/mol. The third-order valence-corrected chi connectivity index (χ3v) is 4.44. The molecule has 0 bridgehead atoms. The molecule has 0 aliphatic rings. The van der Waals surface area contributed by atoms with Crippen LogP contribution in [0.15, 0.2) is 54.6 Å². The molecule has 0 saturated carbocycles. The van der Waals surface area contributed by atoms with E-state index in [0.29, 0.717) is 11.1 Å². The Morgan fingerprint density at radius 1 is 0.862 bits per heavy atom. The van der Waals surface area contributed by atoms with Gasteiger partial charge in [0.1, 0.15) is 6.54 Å². The number of benzene rings is 2. The lowest BCUT2D eigenvalue weighted by Gasteiger charge is -2.43. The van der Waals surface area contributed by atoms with Crippen LogP contribution in [0.5, 0.6) is 0 Å². The molecular formula is C23H28N2O4. The zero-order valence-corrected chi connectivity index (χ0v) is 17.6. The minimum absolute atomic E-state index is 0.374. The first-order chi connectivity index (χ1) is 13.7. The number of nitrogens with zero attached hydrogens (tertiary/aromatic N) is 2. The van der Waals surface area contributed by atoms with Gasteiger partial charge in [0.05, 0.1) is 12.6 Å². The Balaban J connectivity index is 2.51. The standard InChI is InChI=1S/C23H28N2O4/c1-6-17-12-14-19(15-13-17)21(27)24(16-20(26)29-5)25(23(2,3)4)22(28)18-10-8-7-9-11-18/h7-15H,6,16H2,1-5H3. The third kappa shape index (κ3) is 5.44. The molecule has 2 amide bonds. The Morgan fingerprint density at radius 3 is 1.90 bits per heavy atom. The van der Waals surface area contributed by atoms with Crippen molar-refractivity contribution >= 4 is 17.8 Å². The van der Waals surface area contributed by atoms with Gasteiger partial charge in [0.2, 0.25) is 0 Å². The van der Waals surface area contributed by atoms with Crippen LogP contribution in [-0.4, -0.2) is 47.0 Å². The van der Waals surface area contributed by atoms with Gasteiger partial charge < -0.3 is 4.74 Å². The lowest BCUT2D eigenvalue weighted by molar-refractivity contribution is -0.145. The van der Waals surface area contributed by atoms with E-state index in [1.165, 1.54) is 17.1 Å². The highest BCUT2D eigenvalue weighted by Gasteiger charge is 2.37. The van der Waals surface area contributed by atoms with Gasteiger partial charge in [-0.25, -0.2) is 10.0 Å². The van der Waals surface area contributed by atoms with Crippen LogP contribution in [0.4, 0.5) is 0 Å². The van der Waals surface area contributed by atoms with Crippen molar-refractivity contribution in [2.24, 2.45) is 0 Å². The Bertz CT molecular complexity index is 855. The largest absolute Gasteiger partial charge is 0.468 e. The summed E-state index contributed by atoms with van der Waals surface area (Å²) in [7, 11) is 1.25. The highest BCUT2D eigenvalue weighted by atomic mass is 16.5. The molecule has 6 nitrogen and oxygen atoms in total.